The molecule has 6 nitrogen and oxygen atoms in total. The Hall–Kier alpha value is -3.41. The van der Waals surface area contributed by atoms with Crippen molar-refractivity contribution < 1.29 is 19.7 Å². The smallest absolute Gasteiger partial charge is 0.503 e. The Balaban J connectivity index is 2.15. The Morgan fingerprint density at radius 1 is 0.957 bits per heavy atom. The van der Waals surface area contributed by atoms with Crippen molar-refractivity contribution in [2.24, 2.45) is 10.2 Å². The summed E-state index contributed by atoms with van der Waals surface area (Å²) in [4.78, 5) is 10.8. The van der Waals surface area contributed by atoms with E-state index in [-0.39, 0.29) is 17.2 Å². The normalized spacial score (nSPS) is 11.0. The van der Waals surface area contributed by atoms with Gasteiger partial charge in [0.1, 0.15) is 5.69 Å². The van der Waals surface area contributed by atoms with Crippen molar-refractivity contribution in [2.75, 3.05) is 0 Å². The number of carboxylic acid groups (broad SMARTS) is 1. The minimum Gasteiger partial charge on any atom is -0.503 e. The Morgan fingerprint density at radius 2 is 1.65 bits per heavy atom. The third kappa shape index (κ3) is 3.11. The van der Waals surface area contributed by atoms with Gasteiger partial charge in [-0.25, -0.2) is 4.79 Å². The summed E-state index contributed by atoms with van der Waals surface area (Å²) in [5.74, 6) is -0.552. The predicted molar refractivity (Wildman–Crippen MR) is 84.9 cm³/mol. The number of ether oxygens (including phenoxy) is 1. The van der Waals surface area contributed by atoms with Crippen LogP contribution in [0.2, 0.25) is 0 Å². The summed E-state index contributed by atoms with van der Waals surface area (Å²) in [5, 5.41) is 28.5. The molecule has 0 unspecified atom stereocenters. The van der Waals surface area contributed by atoms with Gasteiger partial charge in [0, 0.05) is 5.39 Å². The number of aromatic hydroxyl groups is 1. The summed E-state index contributed by atoms with van der Waals surface area (Å²) >= 11 is 0. The van der Waals surface area contributed by atoms with Crippen molar-refractivity contribution in [1.29, 1.82) is 0 Å². The lowest BCUT2D eigenvalue weighted by Crippen LogP contribution is -2.03. The van der Waals surface area contributed by atoms with Gasteiger partial charge >= 0.3 is 6.16 Å². The molecule has 0 aliphatic heterocycles. The maximum atomic E-state index is 10.8. The molecule has 3 aromatic rings. The highest BCUT2D eigenvalue weighted by Crippen LogP contribution is 2.43. The molecule has 0 saturated carbocycles. The van der Waals surface area contributed by atoms with Crippen LogP contribution in [0, 0.1) is 0 Å². The van der Waals surface area contributed by atoms with Gasteiger partial charge in [0.25, 0.3) is 0 Å². The average Bonchev–Trinajstić information content (AvgIpc) is 2.55. The van der Waals surface area contributed by atoms with Crippen LogP contribution in [0.1, 0.15) is 0 Å². The molecule has 3 aromatic carbocycles. The number of phenols is 1. The zero-order chi connectivity index (χ0) is 16.2. The second-order valence-electron chi connectivity index (χ2n) is 4.70. The molecule has 3 rings (SSSR count). The molecule has 0 amide bonds. The van der Waals surface area contributed by atoms with Gasteiger partial charge in [0.05, 0.1) is 5.69 Å². The summed E-state index contributed by atoms with van der Waals surface area (Å²) in [6, 6.07) is 17.6. The zero-order valence-electron chi connectivity index (χ0n) is 11.9. The number of carbonyl (C=O) groups is 1. The predicted octanol–water partition coefficient (Wildman–Crippen LogP) is 5.02. The van der Waals surface area contributed by atoms with E-state index in [4.69, 9.17) is 5.11 Å². The van der Waals surface area contributed by atoms with Crippen molar-refractivity contribution in [3.8, 4) is 11.5 Å². The summed E-state index contributed by atoms with van der Waals surface area (Å²) in [5.41, 5.74) is 0.767. The highest BCUT2D eigenvalue weighted by molar-refractivity contribution is 5.97. The molecular formula is C17H12N2O4. The van der Waals surface area contributed by atoms with E-state index in [9.17, 15) is 9.90 Å². The lowest BCUT2D eigenvalue weighted by Gasteiger charge is -2.08. The largest absolute Gasteiger partial charge is 0.511 e. The quantitative estimate of drug-likeness (QED) is 0.404. The number of rotatable bonds is 3. The third-order valence-electron chi connectivity index (χ3n) is 3.18. The molecule has 0 radical (unpaired) electrons. The van der Waals surface area contributed by atoms with E-state index in [1.807, 2.05) is 18.2 Å². The molecule has 0 aliphatic carbocycles. The summed E-state index contributed by atoms with van der Waals surface area (Å²) < 4.78 is 4.61. The number of phenolic OH excluding ortho intramolecular Hbond substituents is 1. The topological polar surface area (TPSA) is 91.5 Å². The van der Waals surface area contributed by atoms with E-state index in [0.29, 0.717) is 16.5 Å². The summed E-state index contributed by atoms with van der Waals surface area (Å²) in [6.07, 6.45) is -1.51. The Morgan fingerprint density at radius 3 is 2.39 bits per heavy atom. The number of hydrogen-bond donors (Lipinski definition) is 2. The van der Waals surface area contributed by atoms with Gasteiger partial charge in [0.2, 0.25) is 0 Å². The zero-order valence-corrected chi connectivity index (χ0v) is 11.9. The molecule has 0 aliphatic rings. The molecule has 23 heavy (non-hydrogen) atoms. The Labute approximate surface area is 131 Å². The van der Waals surface area contributed by atoms with Crippen LogP contribution in [0.3, 0.4) is 0 Å². The maximum Gasteiger partial charge on any atom is 0.511 e. The Kier molecular flexibility index (Phi) is 3.88. The maximum absolute atomic E-state index is 10.8. The first kappa shape index (κ1) is 14.5. The van der Waals surface area contributed by atoms with Crippen LogP contribution in [0.5, 0.6) is 11.5 Å². The van der Waals surface area contributed by atoms with E-state index in [2.05, 4.69) is 15.0 Å². The number of nitrogens with zero attached hydrogens (tertiary/aromatic N) is 2. The molecule has 6 heteroatoms. The van der Waals surface area contributed by atoms with E-state index in [0.717, 1.165) is 0 Å². The van der Waals surface area contributed by atoms with Gasteiger partial charge in [-0.1, -0.05) is 42.5 Å². The summed E-state index contributed by atoms with van der Waals surface area (Å²) in [7, 11) is 0. The number of benzene rings is 3. The minimum atomic E-state index is -1.51. The highest BCUT2D eigenvalue weighted by Gasteiger charge is 2.16. The number of fused-ring (bicyclic) bond motifs is 1. The number of hydrogen-bond acceptors (Lipinski definition) is 5. The fourth-order valence-electron chi connectivity index (χ4n) is 2.17. The van der Waals surface area contributed by atoms with E-state index in [1.165, 1.54) is 6.07 Å². The SMILES string of the molecule is O=C(O)Oc1cc2ccccc2c(N=Nc2ccccc2)c1O. The molecule has 114 valence electrons. The van der Waals surface area contributed by atoms with Gasteiger partial charge in [0.15, 0.2) is 11.5 Å². The molecule has 0 bridgehead atoms. The van der Waals surface area contributed by atoms with Crippen LogP contribution < -0.4 is 4.74 Å². The van der Waals surface area contributed by atoms with E-state index < -0.39 is 6.16 Å². The van der Waals surface area contributed by atoms with Crippen LogP contribution in [0.4, 0.5) is 16.2 Å². The first-order valence-electron chi connectivity index (χ1n) is 6.77. The van der Waals surface area contributed by atoms with Crippen molar-refractivity contribution in [1.82, 2.24) is 0 Å². The van der Waals surface area contributed by atoms with Crippen molar-refractivity contribution in [3.05, 3.63) is 60.7 Å². The molecule has 0 heterocycles. The van der Waals surface area contributed by atoms with Crippen LogP contribution in [-0.4, -0.2) is 16.4 Å². The third-order valence-corrected chi connectivity index (χ3v) is 3.18. The van der Waals surface area contributed by atoms with Crippen LogP contribution in [0.15, 0.2) is 70.9 Å². The second kappa shape index (κ2) is 6.15. The monoisotopic (exact) mass is 308 g/mol. The lowest BCUT2D eigenvalue weighted by atomic mass is 10.1. The lowest BCUT2D eigenvalue weighted by molar-refractivity contribution is 0.143. The van der Waals surface area contributed by atoms with E-state index >= 15 is 0 Å². The van der Waals surface area contributed by atoms with Crippen molar-refractivity contribution >= 4 is 28.3 Å². The van der Waals surface area contributed by atoms with Crippen LogP contribution in [0.25, 0.3) is 10.8 Å². The first-order valence-corrected chi connectivity index (χ1v) is 6.77. The van der Waals surface area contributed by atoms with Gasteiger partial charge in [-0.2, -0.15) is 5.11 Å². The molecule has 0 saturated heterocycles. The standard InChI is InChI=1S/C17H12N2O4/c20-16-14(23-17(21)22)10-11-6-4-5-9-13(11)15(16)19-18-12-7-2-1-3-8-12/h1-10,20H,(H,21,22). The Bertz CT molecular complexity index is 892. The first-order chi connectivity index (χ1) is 11.1. The molecular weight excluding hydrogens is 296 g/mol. The van der Waals surface area contributed by atoms with Crippen LogP contribution >= 0.6 is 0 Å². The van der Waals surface area contributed by atoms with Gasteiger partial charge < -0.3 is 14.9 Å². The highest BCUT2D eigenvalue weighted by atomic mass is 16.7. The fourth-order valence-corrected chi connectivity index (χ4v) is 2.17. The molecule has 2 N–H and O–H groups in total. The molecule has 0 fully saturated rings. The van der Waals surface area contributed by atoms with Gasteiger partial charge in [-0.05, 0) is 23.6 Å². The van der Waals surface area contributed by atoms with E-state index in [1.54, 1.807) is 36.4 Å². The summed E-state index contributed by atoms with van der Waals surface area (Å²) in [6.45, 7) is 0. The van der Waals surface area contributed by atoms with Crippen LogP contribution in [-0.2, 0) is 0 Å². The second-order valence-corrected chi connectivity index (χ2v) is 4.70. The molecule has 0 atom stereocenters. The van der Waals surface area contributed by atoms with Crippen molar-refractivity contribution in [3.63, 3.8) is 0 Å². The fraction of sp³-hybridized carbons (Fsp3) is 0. The van der Waals surface area contributed by atoms with Gasteiger partial charge in [-0.3, -0.25) is 0 Å². The average molecular weight is 308 g/mol. The molecule has 0 spiro atoms. The molecule has 0 aromatic heterocycles. The van der Waals surface area contributed by atoms with Gasteiger partial charge in [-0.15, -0.1) is 5.11 Å². The minimum absolute atomic E-state index is 0.156. The number of azo groups is 1. The van der Waals surface area contributed by atoms with Crippen molar-refractivity contribution in [2.45, 2.75) is 0 Å².